The van der Waals surface area contributed by atoms with E-state index in [0.717, 1.165) is 19.4 Å². The smallest absolute Gasteiger partial charge is 0.319 e. The average Bonchev–Trinajstić information content (AvgIpc) is 3.72. The van der Waals surface area contributed by atoms with Gasteiger partial charge in [0.05, 0.1) is 22.2 Å². The molecule has 3 saturated heterocycles. The first-order valence-corrected chi connectivity index (χ1v) is 18.1. The Morgan fingerprint density at radius 2 is 2.00 bits per heavy atom. The van der Waals surface area contributed by atoms with Crippen LogP contribution < -0.4 is 9.64 Å². The normalized spacial score (nSPS) is 21.3. The largest absolute Gasteiger partial charge is 0.461 e. The van der Waals surface area contributed by atoms with Crippen LogP contribution in [0.25, 0.3) is 43.9 Å². The summed E-state index contributed by atoms with van der Waals surface area (Å²) in [5.41, 5.74) is 0.188. The molecule has 3 atom stereocenters. The zero-order chi connectivity index (χ0) is 38.3. The van der Waals surface area contributed by atoms with Crippen LogP contribution in [-0.4, -0.2) is 104 Å². The van der Waals surface area contributed by atoms with Gasteiger partial charge in [-0.2, -0.15) is 9.97 Å². The van der Waals surface area contributed by atoms with E-state index >= 15 is 4.39 Å². The van der Waals surface area contributed by atoms with E-state index in [0.29, 0.717) is 53.2 Å². The van der Waals surface area contributed by atoms with Crippen LogP contribution in [0.2, 0.25) is 0 Å². The van der Waals surface area contributed by atoms with Crippen molar-refractivity contribution < 1.29 is 22.7 Å². The maximum absolute atomic E-state index is 17.0. The SMILES string of the molecule is [C-]#[N+]C[C@H]1CN(c2nc(OC[C@@]34CCCN3C[C@H](F)C4)nc3c(F)c(-c4cccc5ccc(F)c(C#C)c45)ncc23)CCN1C(=O)/C=C/c1ccnc(C)n1. The third-order valence-electron chi connectivity index (χ3n) is 10.8. The van der Waals surface area contributed by atoms with Gasteiger partial charge in [-0.3, -0.25) is 14.7 Å². The summed E-state index contributed by atoms with van der Waals surface area (Å²) in [6.45, 7) is 11.4. The van der Waals surface area contributed by atoms with Gasteiger partial charge in [0.25, 0.3) is 0 Å². The minimum Gasteiger partial charge on any atom is -0.461 e. The highest BCUT2D eigenvalue weighted by Gasteiger charge is 2.49. The molecule has 0 saturated carbocycles. The highest BCUT2D eigenvalue weighted by Crippen LogP contribution is 2.41. The van der Waals surface area contributed by atoms with Crippen molar-refractivity contribution in [3.8, 4) is 29.6 Å². The quantitative estimate of drug-likeness (QED) is 0.111. The first kappa shape index (κ1) is 35.9. The number of hydrogen-bond donors (Lipinski definition) is 0. The van der Waals surface area contributed by atoms with Crippen LogP contribution in [0.1, 0.15) is 36.3 Å². The van der Waals surface area contributed by atoms with E-state index < -0.39 is 29.4 Å². The standard InChI is InChI=1S/C41H36F3N9O2/c1-4-30-33(43)11-9-26-7-5-8-31(35(26)30)37-36(44)38-32(21-47-37)39(50-40(49-38)55-24-41-14-6-16-52(41)22-27(42)19-41)51-17-18-53(29(23-51)20-45-3)34(54)12-10-28-13-15-46-25(2)48-28/h1,5,7-13,15,21,27,29H,6,14,16-20,22-24H2,2H3/b12-10+/t27-,29+,41+/m1/s1. The Labute approximate surface area is 315 Å². The molecular formula is C41H36F3N9O2. The molecule has 55 heavy (non-hydrogen) atoms. The summed E-state index contributed by atoms with van der Waals surface area (Å²) in [5.74, 6) is 1.62. The van der Waals surface area contributed by atoms with Crippen molar-refractivity contribution in [2.75, 3.05) is 50.8 Å². The van der Waals surface area contributed by atoms with Gasteiger partial charge in [-0.05, 0) is 49.9 Å². The number of fused-ring (bicyclic) bond motifs is 3. The number of aryl methyl sites for hydroxylation is 1. The maximum Gasteiger partial charge on any atom is 0.319 e. The van der Waals surface area contributed by atoms with Gasteiger partial charge in [0, 0.05) is 62.0 Å². The van der Waals surface area contributed by atoms with Crippen molar-refractivity contribution in [1.82, 2.24) is 34.7 Å². The van der Waals surface area contributed by atoms with Crippen LogP contribution in [0.4, 0.5) is 19.0 Å². The molecule has 3 aromatic heterocycles. The number of alkyl halides is 1. The minimum atomic E-state index is -0.972. The molecule has 1 amide bonds. The van der Waals surface area contributed by atoms with Crippen molar-refractivity contribution in [2.24, 2.45) is 0 Å². The minimum absolute atomic E-state index is 0.00910. The second-order valence-electron chi connectivity index (χ2n) is 14.2. The van der Waals surface area contributed by atoms with Gasteiger partial charge in [-0.25, -0.2) is 29.7 Å². The van der Waals surface area contributed by atoms with E-state index in [2.05, 4.69) is 35.6 Å². The van der Waals surface area contributed by atoms with E-state index in [4.69, 9.17) is 22.7 Å². The van der Waals surface area contributed by atoms with Gasteiger partial charge in [-0.15, -0.1) is 6.42 Å². The molecule has 2 aromatic carbocycles. The zero-order valence-corrected chi connectivity index (χ0v) is 30.1. The summed E-state index contributed by atoms with van der Waals surface area (Å²) < 4.78 is 52.9. The molecule has 5 aromatic rings. The van der Waals surface area contributed by atoms with Crippen LogP contribution in [0, 0.1) is 37.5 Å². The van der Waals surface area contributed by atoms with Crippen molar-refractivity contribution >= 4 is 39.5 Å². The number of pyridine rings is 1. The molecule has 0 N–H and O–H groups in total. The summed E-state index contributed by atoms with van der Waals surface area (Å²) in [6, 6.07) is 9.04. The third kappa shape index (κ3) is 6.67. The number of anilines is 1. The van der Waals surface area contributed by atoms with E-state index in [1.54, 1.807) is 54.4 Å². The number of carbonyl (C=O) groups is 1. The summed E-state index contributed by atoms with van der Waals surface area (Å²) in [7, 11) is 0. The Morgan fingerprint density at radius 3 is 2.82 bits per heavy atom. The van der Waals surface area contributed by atoms with E-state index in [9.17, 15) is 13.6 Å². The topological polar surface area (TPSA) is 105 Å². The molecule has 3 aliphatic rings. The number of nitrogens with zero attached hydrogens (tertiary/aromatic N) is 9. The van der Waals surface area contributed by atoms with Gasteiger partial charge >= 0.3 is 6.01 Å². The Balaban J connectivity index is 1.18. The molecule has 0 radical (unpaired) electrons. The van der Waals surface area contributed by atoms with Crippen molar-refractivity contribution in [2.45, 2.75) is 43.9 Å². The van der Waals surface area contributed by atoms with Crippen molar-refractivity contribution in [3.05, 3.63) is 95.0 Å². The van der Waals surface area contributed by atoms with Crippen LogP contribution in [0.15, 0.2) is 54.9 Å². The number of halogens is 3. The molecule has 278 valence electrons. The first-order valence-electron chi connectivity index (χ1n) is 18.1. The predicted molar refractivity (Wildman–Crippen MR) is 202 cm³/mol. The number of rotatable bonds is 8. The first-order chi connectivity index (χ1) is 26.7. The summed E-state index contributed by atoms with van der Waals surface area (Å²) in [4.78, 5) is 45.0. The van der Waals surface area contributed by atoms with Crippen molar-refractivity contribution in [3.63, 3.8) is 0 Å². The molecule has 0 aliphatic carbocycles. The Morgan fingerprint density at radius 1 is 1.13 bits per heavy atom. The maximum atomic E-state index is 17.0. The number of terminal acetylenes is 1. The highest BCUT2D eigenvalue weighted by atomic mass is 19.1. The van der Waals surface area contributed by atoms with Crippen LogP contribution >= 0.6 is 0 Å². The van der Waals surface area contributed by atoms with Gasteiger partial charge in [0.15, 0.2) is 5.82 Å². The Bertz CT molecular complexity index is 2450. The van der Waals surface area contributed by atoms with E-state index in [1.807, 2.05) is 4.90 Å². The van der Waals surface area contributed by atoms with Gasteiger partial charge < -0.3 is 19.4 Å². The average molecular weight is 744 g/mol. The third-order valence-corrected chi connectivity index (χ3v) is 10.8. The monoisotopic (exact) mass is 743 g/mol. The van der Waals surface area contributed by atoms with Gasteiger partial charge in [-0.1, -0.05) is 30.2 Å². The fraction of sp³-hybridized carbons (Fsp3) is 0.341. The molecule has 0 bridgehead atoms. The van der Waals surface area contributed by atoms with E-state index in [-0.39, 0.29) is 60.3 Å². The summed E-state index contributed by atoms with van der Waals surface area (Å²) in [5, 5.41) is 1.24. The lowest BCUT2D eigenvalue weighted by Gasteiger charge is -2.39. The lowest BCUT2D eigenvalue weighted by Crippen LogP contribution is -2.56. The number of amides is 1. The van der Waals surface area contributed by atoms with Gasteiger partial charge in [0.1, 0.15) is 47.5 Å². The zero-order valence-electron chi connectivity index (χ0n) is 30.1. The van der Waals surface area contributed by atoms with Crippen molar-refractivity contribution in [1.29, 1.82) is 0 Å². The number of benzene rings is 2. The Kier molecular flexibility index (Phi) is 9.53. The highest BCUT2D eigenvalue weighted by molar-refractivity contribution is 6.02. The fourth-order valence-electron chi connectivity index (χ4n) is 8.27. The number of aromatic nitrogens is 5. The van der Waals surface area contributed by atoms with Crippen LogP contribution in [0.5, 0.6) is 6.01 Å². The molecule has 6 heterocycles. The lowest BCUT2D eigenvalue weighted by molar-refractivity contribution is -0.128. The molecule has 11 nitrogen and oxygen atoms in total. The number of piperazine rings is 1. The molecule has 8 rings (SSSR count). The molecular weight excluding hydrogens is 708 g/mol. The molecule has 0 unspecified atom stereocenters. The second kappa shape index (κ2) is 14.6. The molecule has 14 heteroatoms. The van der Waals surface area contributed by atoms with Crippen LogP contribution in [-0.2, 0) is 4.79 Å². The summed E-state index contributed by atoms with van der Waals surface area (Å²) >= 11 is 0. The molecule has 3 fully saturated rings. The molecule has 3 aliphatic heterocycles. The second-order valence-corrected chi connectivity index (χ2v) is 14.2. The number of carbonyl (C=O) groups excluding carboxylic acids is 1. The Hall–Kier alpha value is -6.12. The number of hydrogen-bond acceptors (Lipinski definition) is 9. The molecule has 0 spiro atoms. The fourth-order valence-corrected chi connectivity index (χ4v) is 8.27. The predicted octanol–water partition coefficient (Wildman–Crippen LogP) is 5.81. The van der Waals surface area contributed by atoms with E-state index in [1.165, 1.54) is 18.3 Å². The van der Waals surface area contributed by atoms with Crippen LogP contribution in [0.3, 0.4) is 0 Å². The lowest BCUT2D eigenvalue weighted by atomic mass is 9.95. The summed E-state index contributed by atoms with van der Waals surface area (Å²) in [6.07, 6.45) is 12.9. The number of ether oxygens (including phenoxy) is 1. The van der Waals surface area contributed by atoms with Gasteiger partial charge in [0.2, 0.25) is 12.5 Å².